The monoisotopic (exact) mass is 280 g/mol. The van der Waals surface area contributed by atoms with Crippen LogP contribution in [-0.4, -0.2) is 5.78 Å². The summed E-state index contributed by atoms with van der Waals surface area (Å²) in [5.41, 5.74) is 6.98. The van der Waals surface area contributed by atoms with Gasteiger partial charge in [-0.2, -0.15) is 0 Å². The van der Waals surface area contributed by atoms with E-state index in [1.54, 1.807) is 6.92 Å². The van der Waals surface area contributed by atoms with Crippen molar-refractivity contribution in [3.05, 3.63) is 69.8 Å². The Kier molecular flexibility index (Phi) is 4.04. The molecule has 110 valence electrons. The van der Waals surface area contributed by atoms with Crippen molar-refractivity contribution < 1.29 is 4.79 Å². The predicted octanol–water partition coefficient (Wildman–Crippen LogP) is 5.14. The third-order valence-corrected chi connectivity index (χ3v) is 4.56. The second-order valence-electron chi connectivity index (χ2n) is 6.51. The maximum atomic E-state index is 11.6. The minimum absolute atomic E-state index is 0.0709. The quantitative estimate of drug-likeness (QED) is 0.711. The van der Waals surface area contributed by atoms with E-state index in [1.165, 1.54) is 22.3 Å². The second kappa shape index (κ2) is 5.48. The Hall–Kier alpha value is -1.89. The summed E-state index contributed by atoms with van der Waals surface area (Å²) in [5, 5.41) is 0. The molecule has 2 aromatic rings. The van der Waals surface area contributed by atoms with Crippen LogP contribution in [0.4, 0.5) is 0 Å². The lowest BCUT2D eigenvalue weighted by Gasteiger charge is -2.27. The summed E-state index contributed by atoms with van der Waals surface area (Å²) in [6.45, 7) is 12.4. The molecule has 0 spiro atoms. The van der Waals surface area contributed by atoms with Gasteiger partial charge < -0.3 is 0 Å². The van der Waals surface area contributed by atoms with Crippen molar-refractivity contribution >= 4 is 5.78 Å². The minimum Gasteiger partial charge on any atom is -0.295 e. The molecule has 2 rings (SSSR count). The number of hydrogen-bond donors (Lipinski definition) is 0. The smallest absolute Gasteiger partial charge is 0.160 e. The van der Waals surface area contributed by atoms with Crippen molar-refractivity contribution in [3.63, 3.8) is 0 Å². The normalized spacial score (nSPS) is 11.5. The highest BCUT2D eigenvalue weighted by molar-refractivity contribution is 5.95. The number of Topliss-reactive ketones (excluding diaryl/α,β-unsaturated/α-hetero) is 1. The largest absolute Gasteiger partial charge is 0.295 e. The summed E-state index contributed by atoms with van der Waals surface area (Å²) in [6.07, 6.45) is 0. The van der Waals surface area contributed by atoms with E-state index in [1.807, 2.05) is 13.0 Å². The minimum atomic E-state index is -0.0709. The first kappa shape index (κ1) is 15.5. The molecule has 0 bridgehead atoms. The van der Waals surface area contributed by atoms with Crippen LogP contribution in [0.1, 0.15) is 58.9 Å². The van der Waals surface area contributed by atoms with Crippen LogP contribution in [-0.2, 0) is 5.41 Å². The Morgan fingerprint density at radius 1 is 0.810 bits per heavy atom. The fraction of sp³-hybridized carbons (Fsp3) is 0.350. The molecule has 0 N–H and O–H groups in total. The fourth-order valence-corrected chi connectivity index (χ4v) is 2.74. The van der Waals surface area contributed by atoms with Crippen molar-refractivity contribution in [1.82, 2.24) is 0 Å². The zero-order chi connectivity index (χ0) is 15.8. The molecule has 2 aromatic carbocycles. The lowest BCUT2D eigenvalue weighted by atomic mass is 9.76. The Morgan fingerprint density at radius 2 is 1.33 bits per heavy atom. The molecule has 1 heteroatoms. The highest BCUT2D eigenvalue weighted by atomic mass is 16.1. The molecule has 0 aliphatic carbocycles. The lowest BCUT2D eigenvalue weighted by molar-refractivity contribution is 0.101. The molecular weight excluding hydrogens is 256 g/mol. The summed E-state index contributed by atoms with van der Waals surface area (Å²) in [4.78, 5) is 11.6. The first-order valence-corrected chi connectivity index (χ1v) is 7.43. The van der Waals surface area contributed by atoms with E-state index in [2.05, 4.69) is 58.0 Å². The van der Waals surface area contributed by atoms with E-state index in [9.17, 15) is 4.79 Å². The van der Waals surface area contributed by atoms with Crippen LogP contribution >= 0.6 is 0 Å². The Balaban J connectivity index is 2.50. The molecule has 0 saturated heterocycles. The molecule has 1 nitrogen and oxygen atoms in total. The number of carbonyl (C=O) groups excluding carboxylic acids is 1. The standard InChI is InChI=1S/C20H24O/c1-13-7-8-17(11-14(13)2)20(5,6)18-9-10-19(16(4)21)15(3)12-18/h7-12H,1-6H3. The number of hydrogen-bond acceptors (Lipinski definition) is 1. The SMILES string of the molecule is CC(=O)c1ccc(C(C)(C)c2ccc(C)c(C)c2)cc1C. The number of carbonyl (C=O) groups is 1. The molecule has 0 radical (unpaired) electrons. The van der Waals surface area contributed by atoms with Gasteiger partial charge in [-0.15, -0.1) is 0 Å². The predicted molar refractivity (Wildman–Crippen MR) is 89.2 cm³/mol. The molecular formula is C20H24O. The van der Waals surface area contributed by atoms with Crippen LogP contribution in [0.3, 0.4) is 0 Å². The topological polar surface area (TPSA) is 17.1 Å². The van der Waals surface area contributed by atoms with Crippen molar-refractivity contribution in [2.45, 2.75) is 47.0 Å². The Bertz CT molecular complexity index is 693. The summed E-state index contributed by atoms with van der Waals surface area (Å²) >= 11 is 0. The third-order valence-electron chi connectivity index (χ3n) is 4.56. The van der Waals surface area contributed by atoms with Crippen LogP contribution in [0.15, 0.2) is 36.4 Å². The maximum Gasteiger partial charge on any atom is 0.160 e. The van der Waals surface area contributed by atoms with Crippen molar-refractivity contribution in [2.75, 3.05) is 0 Å². The van der Waals surface area contributed by atoms with Gasteiger partial charge in [0.2, 0.25) is 0 Å². The molecule has 0 atom stereocenters. The number of aryl methyl sites for hydroxylation is 3. The van der Waals surface area contributed by atoms with Gasteiger partial charge in [-0.3, -0.25) is 4.79 Å². The van der Waals surface area contributed by atoms with Gasteiger partial charge in [-0.05, 0) is 55.5 Å². The Morgan fingerprint density at radius 3 is 1.81 bits per heavy atom. The zero-order valence-corrected chi connectivity index (χ0v) is 13.9. The molecule has 0 heterocycles. The van der Waals surface area contributed by atoms with Crippen molar-refractivity contribution in [3.8, 4) is 0 Å². The average molecular weight is 280 g/mol. The third kappa shape index (κ3) is 2.92. The maximum absolute atomic E-state index is 11.6. The average Bonchev–Trinajstić information content (AvgIpc) is 2.41. The van der Waals surface area contributed by atoms with Gasteiger partial charge in [-0.25, -0.2) is 0 Å². The number of benzene rings is 2. The first-order chi connectivity index (χ1) is 9.73. The fourth-order valence-electron chi connectivity index (χ4n) is 2.74. The second-order valence-corrected chi connectivity index (χ2v) is 6.51. The lowest BCUT2D eigenvalue weighted by Crippen LogP contribution is -2.19. The zero-order valence-electron chi connectivity index (χ0n) is 13.9. The summed E-state index contributed by atoms with van der Waals surface area (Å²) in [7, 11) is 0. The summed E-state index contributed by atoms with van der Waals surface area (Å²) in [5.74, 6) is 0.128. The molecule has 0 saturated carbocycles. The van der Waals surface area contributed by atoms with Crippen molar-refractivity contribution in [1.29, 1.82) is 0 Å². The van der Waals surface area contributed by atoms with E-state index in [0.717, 1.165) is 11.1 Å². The van der Waals surface area contributed by atoms with Crippen LogP contribution in [0, 0.1) is 20.8 Å². The van der Waals surface area contributed by atoms with Crippen LogP contribution in [0.5, 0.6) is 0 Å². The summed E-state index contributed by atoms with van der Waals surface area (Å²) in [6, 6.07) is 12.8. The van der Waals surface area contributed by atoms with E-state index in [-0.39, 0.29) is 11.2 Å². The molecule has 0 amide bonds. The highest BCUT2D eigenvalue weighted by Gasteiger charge is 2.24. The van der Waals surface area contributed by atoms with E-state index < -0.39 is 0 Å². The van der Waals surface area contributed by atoms with E-state index >= 15 is 0 Å². The van der Waals surface area contributed by atoms with Gasteiger partial charge in [0.15, 0.2) is 5.78 Å². The van der Waals surface area contributed by atoms with Crippen molar-refractivity contribution in [2.24, 2.45) is 0 Å². The van der Waals surface area contributed by atoms with Gasteiger partial charge in [0.05, 0.1) is 0 Å². The molecule has 0 unspecified atom stereocenters. The van der Waals surface area contributed by atoms with Crippen LogP contribution in [0.25, 0.3) is 0 Å². The van der Waals surface area contributed by atoms with Gasteiger partial charge >= 0.3 is 0 Å². The molecule has 0 aliphatic rings. The van der Waals surface area contributed by atoms with Gasteiger partial charge in [0.1, 0.15) is 0 Å². The number of rotatable bonds is 3. The molecule has 21 heavy (non-hydrogen) atoms. The molecule has 0 aliphatic heterocycles. The van der Waals surface area contributed by atoms with Crippen LogP contribution < -0.4 is 0 Å². The highest BCUT2D eigenvalue weighted by Crippen LogP contribution is 2.33. The van der Waals surface area contributed by atoms with Crippen LogP contribution in [0.2, 0.25) is 0 Å². The Labute approximate surface area is 128 Å². The molecule has 0 aromatic heterocycles. The first-order valence-electron chi connectivity index (χ1n) is 7.43. The molecule has 0 fully saturated rings. The summed E-state index contributed by atoms with van der Waals surface area (Å²) < 4.78 is 0. The van der Waals surface area contributed by atoms with Gasteiger partial charge in [0, 0.05) is 11.0 Å². The van der Waals surface area contributed by atoms with E-state index in [4.69, 9.17) is 0 Å². The van der Waals surface area contributed by atoms with Gasteiger partial charge in [-0.1, -0.05) is 50.2 Å². The van der Waals surface area contributed by atoms with E-state index in [0.29, 0.717) is 0 Å². The van der Waals surface area contributed by atoms with Gasteiger partial charge in [0.25, 0.3) is 0 Å². The number of ketones is 1.